The molecule has 3 aromatic rings. The highest BCUT2D eigenvalue weighted by molar-refractivity contribution is 5.80. The van der Waals surface area contributed by atoms with Gasteiger partial charge >= 0.3 is 5.97 Å². The third-order valence-corrected chi connectivity index (χ3v) is 7.88. The van der Waals surface area contributed by atoms with Crippen LogP contribution in [0.4, 0.5) is 0 Å². The number of aliphatic hydroxyl groups excluding tert-OH is 1. The molecule has 0 aromatic heterocycles. The SMILES string of the molecule is CC(C)(C(=O)O)c1ccc(C(O)CCN2CCC(C(O)(c3ccccc3)c3ccccc3)CC2)cc1. The summed E-state index contributed by atoms with van der Waals surface area (Å²) in [4.78, 5) is 13.9. The Kier molecular flexibility index (Phi) is 7.94. The van der Waals surface area contributed by atoms with E-state index in [1.54, 1.807) is 26.0 Å². The van der Waals surface area contributed by atoms with Gasteiger partial charge in [-0.1, -0.05) is 84.9 Å². The molecule has 3 aromatic carbocycles. The molecule has 5 nitrogen and oxygen atoms in total. The second kappa shape index (κ2) is 11.0. The second-order valence-corrected chi connectivity index (χ2v) is 10.5. The number of aliphatic hydroxyl groups is 2. The Morgan fingerprint density at radius 3 is 1.83 bits per heavy atom. The van der Waals surface area contributed by atoms with E-state index in [0.29, 0.717) is 6.42 Å². The van der Waals surface area contributed by atoms with Crippen LogP contribution >= 0.6 is 0 Å². The predicted molar refractivity (Wildman–Crippen MR) is 142 cm³/mol. The molecule has 1 aliphatic heterocycles. The van der Waals surface area contributed by atoms with Crippen LogP contribution in [0.1, 0.15) is 61.5 Å². The molecule has 0 bridgehead atoms. The zero-order valence-electron chi connectivity index (χ0n) is 21.2. The number of carboxylic acid groups (broad SMARTS) is 1. The van der Waals surface area contributed by atoms with Gasteiger partial charge in [0.05, 0.1) is 11.5 Å². The molecule has 1 aliphatic rings. The fraction of sp³-hybridized carbons (Fsp3) is 0.387. The number of carbonyl (C=O) groups is 1. The maximum atomic E-state index is 12.1. The maximum absolute atomic E-state index is 12.1. The van der Waals surface area contributed by atoms with Gasteiger partial charge in [-0.15, -0.1) is 0 Å². The first-order chi connectivity index (χ1) is 17.2. The lowest BCUT2D eigenvalue weighted by Crippen LogP contribution is -2.44. The summed E-state index contributed by atoms with van der Waals surface area (Å²) in [6.45, 7) is 5.86. The van der Waals surface area contributed by atoms with Crippen LogP contribution in [0.3, 0.4) is 0 Å². The zero-order chi connectivity index (χ0) is 25.8. The summed E-state index contributed by atoms with van der Waals surface area (Å²) in [5.74, 6) is -0.765. The van der Waals surface area contributed by atoms with Crippen LogP contribution in [-0.4, -0.2) is 45.8 Å². The molecule has 1 fully saturated rings. The summed E-state index contributed by atoms with van der Waals surface area (Å²) < 4.78 is 0. The summed E-state index contributed by atoms with van der Waals surface area (Å²) in [5.41, 5.74) is 1.39. The Morgan fingerprint density at radius 1 is 0.861 bits per heavy atom. The molecule has 3 N–H and O–H groups in total. The normalized spacial score (nSPS) is 16.6. The average Bonchev–Trinajstić information content (AvgIpc) is 2.92. The topological polar surface area (TPSA) is 81.0 Å². The van der Waals surface area contributed by atoms with Crippen molar-refractivity contribution in [2.45, 2.75) is 50.2 Å². The number of hydrogen-bond acceptors (Lipinski definition) is 4. The lowest BCUT2D eigenvalue weighted by molar-refractivity contribution is -0.142. The third-order valence-electron chi connectivity index (χ3n) is 7.88. The molecule has 0 radical (unpaired) electrons. The lowest BCUT2D eigenvalue weighted by Gasteiger charge is -2.42. The number of nitrogens with zero attached hydrogens (tertiary/aromatic N) is 1. The molecule has 1 atom stereocenters. The number of carboxylic acids is 1. The number of hydrogen-bond donors (Lipinski definition) is 3. The lowest BCUT2D eigenvalue weighted by atomic mass is 9.72. The molecule has 0 saturated carbocycles. The van der Waals surface area contributed by atoms with Crippen LogP contribution in [-0.2, 0) is 15.8 Å². The largest absolute Gasteiger partial charge is 0.481 e. The van der Waals surface area contributed by atoms with E-state index in [9.17, 15) is 20.1 Å². The maximum Gasteiger partial charge on any atom is 0.313 e. The van der Waals surface area contributed by atoms with E-state index in [1.165, 1.54) is 0 Å². The van der Waals surface area contributed by atoms with Crippen LogP contribution in [0, 0.1) is 5.92 Å². The van der Waals surface area contributed by atoms with Gasteiger partial charge in [-0.2, -0.15) is 0 Å². The molecule has 5 heteroatoms. The van der Waals surface area contributed by atoms with Crippen LogP contribution < -0.4 is 0 Å². The van der Waals surface area contributed by atoms with Crippen LogP contribution in [0.25, 0.3) is 0 Å². The minimum Gasteiger partial charge on any atom is -0.481 e. The summed E-state index contributed by atoms with van der Waals surface area (Å²) in [7, 11) is 0. The Bertz CT molecular complexity index is 1080. The standard InChI is InChI=1S/C31H37NO4/c1-30(2,29(34)35)24-15-13-23(14-16-24)28(33)19-22-32-20-17-27(18-21-32)31(36,25-9-5-3-6-10-25)26-11-7-4-8-12-26/h3-16,27-28,33,36H,17-22H2,1-2H3,(H,34,35). The number of benzene rings is 3. The van der Waals surface area contributed by atoms with Crippen molar-refractivity contribution < 1.29 is 20.1 Å². The summed E-state index contributed by atoms with van der Waals surface area (Å²) in [6.07, 6.45) is 1.74. The highest BCUT2D eigenvalue weighted by atomic mass is 16.4. The fourth-order valence-electron chi connectivity index (χ4n) is 5.31. The second-order valence-electron chi connectivity index (χ2n) is 10.5. The number of rotatable bonds is 9. The molecule has 0 aliphatic carbocycles. The smallest absolute Gasteiger partial charge is 0.313 e. The van der Waals surface area contributed by atoms with Crippen molar-refractivity contribution in [3.63, 3.8) is 0 Å². The van der Waals surface area contributed by atoms with Crippen LogP contribution in [0.5, 0.6) is 0 Å². The molecular formula is C31H37NO4. The van der Waals surface area contributed by atoms with Crippen molar-refractivity contribution in [2.75, 3.05) is 19.6 Å². The van der Waals surface area contributed by atoms with Gasteiger partial charge in [-0.25, -0.2) is 0 Å². The van der Waals surface area contributed by atoms with Gasteiger partial charge in [0.2, 0.25) is 0 Å². The van der Waals surface area contributed by atoms with Crippen LogP contribution in [0.2, 0.25) is 0 Å². The number of likely N-dealkylation sites (tertiary alicyclic amines) is 1. The van der Waals surface area contributed by atoms with E-state index in [-0.39, 0.29) is 5.92 Å². The molecule has 1 heterocycles. The van der Waals surface area contributed by atoms with E-state index in [0.717, 1.165) is 54.7 Å². The van der Waals surface area contributed by atoms with Gasteiger partial charge in [-0.05, 0) is 74.4 Å². The minimum atomic E-state index is -1.03. The Hall–Kier alpha value is -2.99. The zero-order valence-corrected chi connectivity index (χ0v) is 21.2. The third kappa shape index (κ3) is 5.39. The van der Waals surface area contributed by atoms with Crippen molar-refractivity contribution in [1.82, 2.24) is 4.90 Å². The van der Waals surface area contributed by atoms with Crippen molar-refractivity contribution in [3.05, 3.63) is 107 Å². The predicted octanol–water partition coefficient (Wildman–Crippen LogP) is 5.12. The van der Waals surface area contributed by atoms with Gasteiger partial charge < -0.3 is 20.2 Å². The monoisotopic (exact) mass is 487 g/mol. The highest BCUT2D eigenvalue weighted by Crippen LogP contribution is 2.42. The quantitative estimate of drug-likeness (QED) is 0.390. The van der Waals surface area contributed by atoms with Gasteiger partial charge in [0.1, 0.15) is 5.60 Å². The Labute approximate surface area is 214 Å². The first-order valence-electron chi connectivity index (χ1n) is 12.8. The first-order valence-corrected chi connectivity index (χ1v) is 12.8. The molecule has 1 saturated heterocycles. The summed E-state index contributed by atoms with van der Waals surface area (Å²) in [6, 6.07) is 27.2. The van der Waals surface area contributed by atoms with Crippen molar-refractivity contribution in [2.24, 2.45) is 5.92 Å². The van der Waals surface area contributed by atoms with Gasteiger partial charge in [0.25, 0.3) is 0 Å². The highest BCUT2D eigenvalue weighted by Gasteiger charge is 2.41. The Morgan fingerprint density at radius 2 is 1.36 bits per heavy atom. The average molecular weight is 488 g/mol. The number of aliphatic carboxylic acids is 1. The molecule has 0 amide bonds. The number of piperidine rings is 1. The van der Waals surface area contributed by atoms with Crippen molar-refractivity contribution >= 4 is 5.97 Å². The van der Waals surface area contributed by atoms with Crippen LogP contribution in [0.15, 0.2) is 84.9 Å². The molecule has 36 heavy (non-hydrogen) atoms. The molecule has 4 rings (SSSR count). The van der Waals surface area contributed by atoms with Crippen molar-refractivity contribution in [3.8, 4) is 0 Å². The summed E-state index contributed by atoms with van der Waals surface area (Å²) >= 11 is 0. The van der Waals surface area contributed by atoms with E-state index in [4.69, 9.17) is 0 Å². The first kappa shape index (κ1) is 26.1. The fourth-order valence-corrected chi connectivity index (χ4v) is 5.31. The summed E-state index contributed by atoms with van der Waals surface area (Å²) in [5, 5.41) is 32.2. The van der Waals surface area contributed by atoms with E-state index >= 15 is 0 Å². The van der Waals surface area contributed by atoms with E-state index in [1.807, 2.05) is 72.8 Å². The Balaban J connectivity index is 1.37. The molecular weight excluding hydrogens is 450 g/mol. The van der Waals surface area contributed by atoms with E-state index in [2.05, 4.69) is 4.90 Å². The van der Waals surface area contributed by atoms with Gasteiger partial charge in [0, 0.05) is 6.54 Å². The van der Waals surface area contributed by atoms with Crippen molar-refractivity contribution in [1.29, 1.82) is 0 Å². The van der Waals surface area contributed by atoms with Gasteiger partial charge in [0.15, 0.2) is 0 Å². The molecule has 190 valence electrons. The minimum absolute atomic E-state index is 0.105. The molecule has 1 unspecified atom stereocenters. The van der Waals surface area contributed by atoms with E-state index < -0.39 is 23.1 Å². The molecule has 0 spiro atoms. The van der Waals surface area contributed by atoms with Gasteiger partial charge in [-0.3, -0.25) is 4.79 Å².